The van der Waals surface area contributed by atoms with Crippen molar-refractivity contribution in [2.24, 2.45) is 13.0 Å². The van der Waals surface area contributed by atoms with Gasteiger partial charge < -0.3 is 15.4 Å². The molecule has 0 atom stereocenters. The molecule has 0 aromatic carbocycles. The topological polar surface area (TPSA) is 145 Å². The summed E-state index contributed by atoms with van der Waals surface area (Å²) < 4.78 is 7.73. The molecule has 33 heavy (non-hydrogen) atoms. The van der Waals surface area contributed by atoms with E-state index in [0.717, 1.165) is 11.8 Å². The van der Waals surface area contributed by atoms with E-state index in [1.165, 1.54) is 32.5 Å². The number of fused-ring (bicyclic) bond motifs is 1. The number of nitrogen functional groups attached to an aromatic ring is 1. The summed E-state index contributed by atoms with van der Waals surface area (Å²) in [4.78, 5) is 59.1. The number of thiophene rings is 1. The molecule has 0 spiro atoms. The Bertz CT molecular complexity index is 1340. The van der Waals surface area contributed by atoms with Crippen molar-refractivity contribution in [3.63, 3.8) is 0 Å². The molecule has 0 aliphatic carbocycles. The van der Waals surface area contributed by atoms with Gasteiger partial charge in [-0.1, -0.05) is 25.6 Å². The Balaban J connectivity index is 1.95. The second kappa shape index (κ2) is 10.4. The molecular weight excluding hydrogens is 468 g/mol. The normalized spacial score (nSPS) is 11.4. The van der Waals surface area contributed by atoms with Crippen molar-refractivity contribution in [1.82, 2.24) is 19.1 Å². The molecule has 0 fully saturated rings. The zero-order chi connectivity index (χ0) is 24.3. The molecule has 0 radical (unpaired) electrons. The Labute approximate surface area is 197 Å². The van der Waals surface area contributed by atoms with Crippen molar-refractivity contribution < 1.29 is 9.53 Å². The zero-order valence-electron chi connectivity index (χ0n) is 18.8. The molecule has 11 nitrogen and oxygen atoms in total. The summed E-state index contributed by atoms with van der Waals surface area (Å²) in [6.45, 7) is 4.30. The highest BCUT2D eigenvalue weighted by molar-refractivity contribution is 7.99. The molecule has 0 saturated heterocycles. The standard InChI is InChI=1S/C20H26N6O5S2/c1-11(2)9-26-15(21)14(16(28)22-19(26)30)25(6-7-31-4)13(27)10-33-20-23-17-12(5-8-32-17)18(29)24(20)3/h5,8,11H,6-7,9-10,21H2,1-4H3,(H,22,28,30). The number of amides is 1. The van der Waals surface area contributed by atoms with E-state index in [0.29, 0.717) is 15.4 Å². The van der Waals surface area contributed by atoms with Gasteiger partial charge in [0.15, 0.2) is 10.8 Å². The number of methoxy groups -OCH3 is 1. The lowest BCUT2D eigenvalue weighted by Gasteiger charge is -2.24. The molecule has 3 aromatic rings. The third kappa shape index (κ3) is 5.20. The van der Waals surface area contributed by atoms with Gasteiger partial charge in [-0.15, -0.1) is 11.3 Å². The highest BCUT2D eigenvalue weighted by Crippen LogP contribution is 2.23. The Morgan fingerprint density at radius 2 is 2.09 bits per heavy atom. The first-order valence-electron chi connectivity index (χ1n) is 10.1. The van der Waals surface area contributed by atoms with Gasteiger partial charge in [0, 0.05) is 27.2 Å². The highest BCUT2D eigenvalue weighted by atomic mass is 32.2. The Morgan fingerprint density at radius 3 is 2.76 bits per heavy atom. The maximum atomic E-state index is 13.2. The van der Waals surface area contributed by atoms with Crippen LogP contribution in [0.5, 0.6) is 0 Å². The van der Waals surface area contributed by atoms with Gasteiger partial charge >= 0.3 is 5.69 Å². The number of H-pyrrole nitrogens is 1. The number of aromatic nitrogens is 4. The van der Waals surface area contributed by atoms with E-state index < -0.39 is 17.2 Å². The number of carbonyl (C=O) groups excluding carboxylic acids is 1. The molecule has 3 rings (SSSR count). The average Bonchev–Trinajstić information content (AvgIpc) is 3.23. The SMILES string of the molecule is COCCN(C(=O)CSc1nc2sccc2c(=O)n1C)c1c(N)n(CC(C)C)c(=O)[nH]c1=O. The zero-order valence-corrected chi connectivity index (χ0v) is 20.4. The van der Waals surface area contributed by atoms with Crippen LogP contribution in [0.4, 0.5) is 11.5 Å². The Hall–Kier alpha value is -2.90. The summed E-state index contributed by atoms with van der Waals surface area (Å²) in [5.41, 5.74) is 4.50. The van der Waals surface area contributed by atoms with Crippen molar-refractivity contribution in [2.75, 3.05) is 36.6 Å². The van der Waals surface area contributed by atoms with Crippen LogP contribution in [-0.4, -0.2) is 51.0 Å². The molecule has 3 heterocycles. The lowest BCUT2D eigenvalue weighted by Crippen LogP contribution is -2.43. The third-order valence-electron chi connectivity index (χ3n) is 4.84. The van der Waals surface area contributed by atoms with Crippen LogP contribution < -0.4 is 27.4 Å². The van der Waals surface area contributed by atoms with Gasteiger partial charge in [0.25, 0.3) is 11.1 Å². The second-order valence-corrected chi connectivity index (χ2v) is 9.56. The Morgan fingerprint density at radius 1 is 1.36 bits per heavy atom. The van der Waals surface area contributed by atoms with Gasteiger partial charge in [0.05, 0.1) is 17.7 Å². The summed E-state index contributed by atoms with van der Waals surface area (Å²) >= 11 is 2.42. The van der Waals surface area contributed by atoms with E-state index in [4.69, 9.17) is 10.5 Å². The van der Waals surface area contributed by atoms with Gasteiger partial charge in [-0.2, -0.15) is 0 Å². The number of anilines is 2. The minimum absolute atomic E-state index is 0.0549. The van der Waals surface area contributed by atoms with E-state index in [2.05, 4.69) is 9.97 Å². The first kappa shape index (κ1) is 24.7. The van der Waals surface area contributed by atoms with Gasteiger partial charge in [0.1, 0.15) is 10.6 Å². The van der Waals surface area contributed by atoms with Crippen molar-refractivity contribution in [1.29, 1.82) is 0 Å². The van der Waals surface area contributed by atoms with E-state index in [1.807, 2.05) is 13.8 Å². The summed E-state index contributed by atoms with van der Waals surface area (Å²) in [5.74, 6) is -0.549. The number of thioether (sulfide) groups is 1. The molecule has 1 amide bonds. The van der Waals surface area contributed by atoms with Gasteiger partial charge in [-0.05, 0) is 17.4 Å². The number of hydrogen-bond donors (Lipinski definition) is 2. The van der Waals surface area contributed by atoms with Crippen LogP contribution in [0.3, 0.4) is 0 Å². The minimum Gasteiger partial charge on any atom is -0.383 e. The third-order valence-corrected chi connectivity index (χ3v) is 6.66. The number of nitrogens with two attached hydrogens (primary N) is 1. The quantitative estimate of drug-likeness (QED) is 0.329. The minimum atomic E-state index is -0.752. The first-order chi connectivity index (χ1) is 15.6. The smallest absolute Gasteiger partial charge is 0.330 e. The molecule has 0 unspecified atom stereocenters. The molecule has 13 heteroatoms. The summed E-state index contributed by atoms with van der Waals surface area (Å²) in [5, 5.41) is 2.68. The molecule has 0 aliphatic heterocycles. The maximum Gasteiger partial charge on any atom is 0.330 e. The lowest BCUT2D eigenvalue weighted by molar-refractivity contribution is -0.116. The monoisotopic (exact) mass is 494 g/mol. The van der Waals surface area contributed by atoms with Crippen LogP contribution in [-0.2, 0) is 23.1 Å². The van der Waals surface area contributed by atoms with Crippen molar-refractivity contribution in [2.45, 2.75) is 25.5 Å². The van der Waals surface area contributed by atoms with E-state index in [1.54, 1.807) is 18.5 Å². The lowest BCUT2D eigenvalue weighted by atomic mass is 10.2. The molecule has 0 bridgehead atoms. The molecule has 178 valence electrons. The van der Waals surface area contributed by atoms with Crippen LogP contribution in [0.15, 0.2) is 31.0 Å². The fourth-order valence-corrected chi connectivity index (χ4v) is 4.89. The number of ether oxygens (including phenoxy) is 1. The summed E-state index contributed by atoms with van der Waals surface area (Å²) in [6.07, 6.45) is 0. The number of aromatic amines is 1. The van der Waals surface area contributed by atoms with Crippen LogP contribution in [0, 0.1) is 5.92 Å². The Kier molecular flexibility index (Phi) is 7.76. The number of carbonyl (C=O) groups is 1. The van der Waals surface area contributed by atoms with Crippen molar-refractivity contribution in [3.8, 4) is 0 Å². The number of hydrogen-bond acceptors (Lipinski definition) is 9. The van der Waals surface area contributed by atoms with E-state index >= 15 is 0 Å². The molecule has 0 aliphatic rings. The van der Waals surface area contributed by atoms with Gasteiger partial charge in [0.2, 0.25) is 5.91 Å². The molecule has 3 aromatic heterocycles. The predicted molar refractivity (Wildman–Crippen MR) is 130 cm³/mol. The van der Waals surface area contributed by atoms with Crippen molar-refractivity contribution in [3.05, 3.63) is 42.6 Å². The molecule has 3 N–H and O–H groups in total. The second-order valence-electron chi connectivity index (χ2n) is 7.72. The van der Waals surface area contributed by atoms with Crippen LogP contribution in [0.2, 0.25) is 0 Å². The first-order valence-corrected chi connectivity index (χ1v) is 12.0. The van der Waals surface area contributed by atoms with Gasteiger partial charge in [-0.25, -0.2) is 9.78 Å². The highest BCUT2D eigenvalue weighted by Gasteiger charge is 2.25. The fourth-order valence-electron chi connectivity index (χ4n) is 3.24. The number of rotatable bonds is 9. The summed E-state index contributed by atoms with van der Waals surface area (Å²) in [7, 11) is 3.06. The van der Waals surface area contributed by atoms with E-state index in [-0.39, 0.29) is 48.4 Å². The van der Waals surface area contributed by atoms with Gasteiger partial charge in [-0.3, -0.25) is 28.5 Å². The summed E-state index contributed by atoms with van der Waals surface area (Å²) in [6, 6.07) is 1.71. The predicted octanol–water partition coefficient (Wildman–Crippen LogP) is 0.855. The number of nitrogens with one attached hydrogen (secondary N) is 1. The van der Waals surface area contributed by atoms with Crippen LogP contribution in [0.1, 0.15) is 13.8 Å². The van der Waals surface area contributed by atoms with Crippen molar-refractivity contribution >= 4 is 50.7 Å². The van der Waals surface area contributed by atoms with Crippen LogP contribution in [0.25, 0.3) is 10.2 Å². The molecular formula is C20H26N6O5S2. The fraction of sp³-hybridized carbons (Fsp3) is 0.450. The number of nitrogens with zero attached hydrogens (tertiary/aromatic N) is 4. The van der Waals surface area contributed by atoms with Crippen LogP contribution >= 0.6 is 23.1 Å². The average molecular weight is 495 g/mol. The molecule has 0 saturated carbocycles. The largest absolute Gasteiger partial charge is 0.383 e. The maximum absolute atomic E-state index is 13.2. The van der Waals surface area contributed by atoms with E-state index in [9.17, 15) is 19.2 Å².